The van der Waals surface area contributed by atoms with Crippen molar-refractivity contribution in [2.75, 3.05) is 6.61 Å². The second-order valence-electron chi connectivity index (χ2n) is 5.28. The maximum absolute atomic E-state index is 12.0. The highest BCUT2D eigenvalue weighted by atomic mass is 32.1. The van der Waals surface area contributed by atoms with Gasteiger partial charge in [0.2, 0.25) is 0 Å². The molecule has 0 atom stereocenters. The molecule has 0 bridgehead atoms. The highest BCUT2D eigenvalue weighted by molar-refractivity contribution is 7.09. The second-order valence-corrected chi connectivity index (χ2v) is 6.23. The van der Waals surface area contributed by atoms with E-state index in [1.807, 2.05) is 30.3 Å². The molecule has 1 aromatic carbocycles. The van der Waals surface area contributed by atoms with Crippen LogP contribution in [0.25, 0.3) is 0 Å². The average molecular weight is 290 g/mol. The number of nitrogens with one attached hydrogen (secondary N) is 1. The highest BCUT2D eigenvalue weighted by Gasteiger charge is 2.21. The lowest BCUT2D eigenvalue weighted by molar-refractivity contribution is 0.0865. The number of aliphatic hydroxyl groups excluding tert-OH is 1. The molecule has 1 heterocycles. The zero-order valence-electron chi connectivity index (χ0n) is 11.6. The van der Waals surface area contributed by atoms with Crippen molar-refractivity contribution in [2.24, 2.45) is 0 Å². The minimum atomic E-state index is -0.639. The van der Waals surface area contributed by atoms with E-state index in [1.54, 1.807) is 19.2 Å². The third kappa shape index (κ3) is 3.88. The van der Waals surface area contributed by atoms with E-state index >= 15 is 0 Å². The minimum absolute atomic E-state index is 0.111. The fraction of sp³-hybridized carbons (Fsp3) is 0.333. The predicted molar refractivity (Wildman–Crippen MR) is 80.0 cm³/mol. The van der Waals surface area contributed by atoms with Crippen molar-refractivity contribution in [3.63, 3.8) is 0 Å². The normalized spacial score (nSPS) is 11.3. The molecule has 0 spiro atoms. The average Bonchev–Trinajstić information content (AvgIpc) is 2.88. The number of hydrogen-bond donors (Lipinski definition) is 2. The van der Waals surface area contributed by atoms with Gasteiger partial charge in [0, 0.05) is 11.8 Å². The van der Waals surface area contributed by atoms with Crippen molar-refractivity contribution in [3.05, 3.63) is 52.0 Å². The summed E-state index contributed by atoms with van der Waals surface area (Å²) in [5, 5.41) is 14.6. The van der Waals surface area contributed by atoms with Gasteiger partial charge in [-0.05, 0) is 19.4 Å². The maximum atomic E-state index is 12.0. The molecular weight excluding hydrogens is 272 g/mol. The molecule has 0 saturated carbocycles. The molecule has 0 aliphatic carbocycles. The Morgan fingerprint density at radius 2 is 2.05 bits per heavy atom. The van der Waals surface area contributed by atoms with Crippen LogP contribution in [0.15, 0.2) is 35.7 Å². The Balaban J connectivity index is 2.04. The quantitative estimate of drug-likeness (QED) is 0.887. The van der Waals surface area contributed by atoms with Crippen molar-refractivity contribution in [1.29, 1.82) is 0 Å². The number of aromatic nitrogens is 1. The first-order valence-electron chi connectivity index (χ1n) is 6.42. The van der Waals surface area contributed by atoms with Gasteiger partial charge in [0.1, 0.15) is 5.69 Å². The molecule has 0 aliphatic heterocycles. The highest BCUT2D eigenvalue weighted by Crippen LogP contribution is 2.15. The second kappa shape index (κ2) is 6.15. The van der Waals surface area contributed by atoms with Gasteiger partial charge in [-0.3, -0.25) is 4.79 Å². The third-order valence-electron chi connectivity index (χ3n) is 2.83. The number of nitrogens with zero attached hydrogens (tertiary/aromatic N) is 1. The van der Waals surface area contributed by atoms with Gasteiger partial charge in [-0.2, -0.15) is 0 Å². The Labute approximate surface area is 122 Å². The standard InChI is InChI=1S/C15H18N2O2S/c1-15(2,10-18)17-14(19)12-9-20-13(16-12)8-11-6-4-3-5-7-11/h3-7,9,18H,8,10H2,1-2H3,(H,17,19). The Bertz CT molecular complexity index is 579. The number of aliphatic hydroxyl groups is 1. The van der Waals surface area contributed by atoms with Crippen molar-refractivity contribution in [1.82, 2.24) is 10.3 Å². The fourth-order valence-electron chi connectivity index (χ4n) is 1.68. The summed E-state index contributed by atoms with van der Waals surface area (Å²) in [4.78, 5) is 16.4. The van der Waals surface area contributed by atoms with Gasteiger partial charge in [-0.1, -0.05) is 30.3 Å². The molecule has 1 amide bonds. The van der Waals surface area contributed by atoms with Crippen LogP contribution in [0.2, 0.25) is 0 Å². The number of hydrogen-bond acceptors (Lipinski definition) is 4. The first-order valence-corrected chi connectivity index (χ1v) is 7.30. The minimum Gasteiger partial charge on any atom is -0.394 e. The van der Waals surface area contributed by atoms with E-state index in [4.69, 9.17) is 5.11 Å². The van der Waals surface area contributed by atoms with Crippen LogP contribution in [0.4, 0.5) is 0 Å². The Morgan fingerprint density at radius 3 is 2.70 bits per heavy atom. The van der Waals surface area contributed by atoms with Gasteiger partial charge in [0.05, 0.1) is 17.2 Å². The van der Waals surface area contributed by atoms with E-state index in [1.165, 1.54) is 16.9 Å². The lowest BCUT2D eigenvalue weighted by Gasteiger charge is -2.22. The molecule has 0 radical (unpaired) electrons. The number of carbonyl (C=O) groups excluding carboxylic acids is 1. The fourth-order valence-corrected chi connectivity index (χ4v) is 2.49. The van der Waals surface area contributed by atoms with Gasteiger partial charge < -0.3 is 10.4 Å². The maximum Gasteiger partial charge on any atom is 0.271 e. The van der Waals surface area contributed by atoms with Crippen LogP contribution in [0.3, 0.4) is 0 Å². The SMILES string of the molecule is CC(C)(CO)NC(=O)c1csc(Cc2ccccc2)n1. The molecule has 20 heavy (non-hydrogen) atoms. The number of thiazole rings is 1. The van der Waals surface area contributed by atoms with Crippen LogP contribution < -0.4 is 5.32 Å². The first-order chi connectivity index (χ1) is 9.50. The summed E-state index contributed by atoms with van der Waals surface area (Å²) >= 11 is 1.47. The van der Waals surface area contributed by atoms with Crippen molar-refractivity contribution in [2.45, 2.75) is 25.8 Å². The van der Waals surface area contributed by atoms with E-state index in [2.05, 4.69) is 10.3 Å². The van der Waals surface area contributed by atoms with Crippen LogP contribution in [0.1, 0.15) is 34.9 Å². The first kappa shape index (κ1) is 14.7. The van der Waals surface area contributed by atoms with E-state index in [0.29, 0.717) is 5.69 Å². The topological polar surface area (TPSA) is 62.2 Å². The van der Waals surface area contributed by atoms with E-state index in [-0.39, 0.29) is 12.5 Å². The van der Waals surface area contributed by atoms with Crippen LogP contribution >= 0.6 is 11.3 Å². The van der Waals surface area contributed by atoms with E-state index < -0.39 is 5.54 Å². The van der Waals surface area contributed by atoms with E-state index in [9.17, 15) is 4.79 Å². The third-order valence-corrected chi connectivity index (χ3v) is 3.68. The molecule has 0 saturated heterocycles. The van der Waals surface area contributed by atoms with Gasteiger partial charge >= 0.3 is 0 Å². The van der Waals surface area contributed by atoms with Gasteiger partial charge in [0.15, 0.2) is 0 Å². The lowest BCUT2D eigenvalue weighted by Crippen LogP contribution is -2.46. The predicted octanol–water partition coefficient (Wildman–Crippen LogP) is 2.23. The number of rotatable bonds is 5. The molecule has 4 nitrogen and oxygen atoms in total. The summed E-state index contributed by atoms with van der Waals surface area (Å²) in [5.41, 5.74) is 0.937. The summed E-state index contributed by atoms with van der Waals surface area (Å²) in [6.45, 7) is 3.42. The van der Waals surface area contributed by atoms with Gasteiger partial charge in [-0.25, -0.2) is 4.98 Å². The summed E-state index contributed by atoms with van der Waals surface area (Å²) in [7, 11) is 0. The molecule has 0 unspecified atom stereocenters. The summed E-state index contributed by atoms with van der Waals surface area (Å²) in [6, 6.07) is 10.0. The summed E-state index contributed by atoms with van der Waals surface area (Å²) in [6.07, 6.45) is 0.724. The van der Waals surface area contributed by atoms with Crippen LogP contribution in [0.5, 0.6) is 0 Å². The van der Waals surface area contributed by atoms with Crippen LogP contribution in [-0.2, 0) is 6.42 Å². The molecule has 5 heteroatoms. The smallest absolute Gasteiger partial charge is 0.271 e. The number of benzene rings is 1. The molecular formula is C15H18N2O2S. The van der Waals surface area contributed by atoms with Crippen LogP contribution in [0, 0.1) is 0 Å². The zero-order chi connectivity index (χ0) is 14.6. The molecule has 0 aliphatic rings. The summed E-state index contributed by atoms with van der Waals surface area (Å²) < 4.78 is 0. The van der Waals surface area contributed by atoms with Gasteiger partial charge in [0.25, 0.3) is 5.91 Å². The lowest BCUT2D eigenvalue weighted by atomic mass is 10.1. The van der Waals surface area contributed by atoms with E-state index in [0.717, 1.165) is 11.4 Å². The number of carbonyl (C=O) groups is 1. The largest absolute Gasteiger partial charge is 0.394 e. The van der Waals surface area contributed by atoms with Crippen molar-refractivity contribution < 1.29 is 9.90 Å². The Hall–Kier alpha value is -1.72. The van der Waals surface area contributed by atoms with Gasteiger partial charge in [-0.15, -0.1) is 11.3 Å². The number of amides is 1. The monoisotopic (exact) mass is 290 g/mol. The molecule has 106 valence electrons. The molecule has 2 rings (SSSR count). The van der Waals surface area contributed by atoms with Crippen molar-refractivity contribution >= 4 is 17.2 Å². The van der Waals surface area contributed by atoms with Crippen LogP contribution in [-0.4, -0.2) is 28.1 Å². The van der Waals surface area contributed by atoms with Crippen molar-refractivity contribution in [3.8, 4) is 0 Å². The Morgan fingerprint density at radius 1 is 1.35 bits per heavy atom. The molecule has 2 N–H and O–H groups in total. The summed E-state index contributed by atoms with van der Waals surface area (Å²) in [5.74, 6) is -0.250. The Kier molecular flexibility index (Phi) is 4.52. The molecule has 1 aromatic heterocycles. The molecule has 0 fully saturated rings. The molecule has 2 aromatic rings. The zero-order valence-corrected chi connectivity index (χ0v) is 12.4.